The summed E-state index contributed by atoms with van der Waals surface area (Å²) in [6.45, 7) is 0. The molecule has 1 atom stereocenters. The Bertz CT molecular complexity index is 896. The number of hydrogen-bond donors (Lipinski definition) is 1. The predicted molar refractivity (Wildman–Crippen MR) is 87.8 cm³/mol. The van der Waals surface area contributed by atoms with E-state index in [0.29, 0.717) is 5.02 Å². The monoisotopic (exact) mass is 294 g/mol. The molecule has 0 saturated heterocycles. The third-order valence-corrected chi connectivity index (χ3v) is 4.48. The maximum atomic E-state index is 6.26. The van der Waals surface area contributed by atoms with Crippen molar-refractivity contribution < 1.29 is 0 Å². The van der Waals surface area contributed by atoms with E-state index in [2.05, 4.69) is 48.4 Å². The molecule has 0 fully saturated rings. The first-order chi connectivity index (χ1) is 10.1. The molecular weight excluding hydrogens is 280 g/mol. The summed E-state index contributed by atoms with van der Waals surface area (Å²) in [6, 6.07) is 14.7. The van der Waals surface area contributed by atoms with E-state index in [4.69, 9.17) is 17.3 Å². The summed E-state index contributed by atoms with van der Waals surface area (Å²) < 4.78 is 0. The van der Waals surface area contributed by atoms with E-state index in [9.17, 15) is 0 Å². The van der Waals surface area contributed by atoms with Crippen molar-refractivity contribution in [2.75, 3.05) is 7.05 Å². The fourth-order valence-electron chi connectivity index (χ4n) is 3.29. The molecule has 0 radical (unpaired) electrons. The number of halogens is 1. The van der Waals surface area contributed by atoms with E-state index < -0.39 is 0 Å². The first kappa shape index (κ1) is 12.5. The highest BCUT2D eigenvalue weighted by atomic mass is 35.5. The number of likely N-dealkylation sites (N-methyl/N-ethyl adjacent to an activating group) is 1. The molecule has 21 heavy (non-hydrogen) atoms. The second kappa shape index (κ2) is 4.40. The normalized spacial score (nSPS) is 19.1. The molecular formula is C18H15ClN2. The van der Waals surface area contributed by atoms with Crippen molar-refractivity contribution >= 4 is 28.9 Å². The molecule has 0 amide bonds. The molecule has 0 aromatic heterocycles. The van der Waals surface area contributed by atoms with Gasteiger partial charge in [-0.25, -0.2) is 0 Å². The number of benzene rings is 2. The highest BCUT2D eigenvalue weighted by Gasteiger charge is 2.27. The lowest BCUT2D eigenvalue weighted by Gasteiger charge is -2.23. The quantitative estimate of drug-likeness (QED) is 0.804. The standard InChI is InChI=1S/C18H15ClN2/c1-21-10-16(20)15-9-12(19)6-7-14(15)18-13-5-3-2-4-11(13)8-17(18)21/h2-10,17H,20H2,1H3. The van der Waals surface area contributed by atoms with Crippen LogP contribution in [0, 0.1) is 0 Å². The average Bonchev–Trinajstić information content (AvgIpc) is 2.82. The van der Waals surface area contributed by atoms with Crippen molar-refractivity contribution in [1.29, 1.82) is 0 Å². The van der Waals surface area contributed by atoms with Gasteiger partial charge in [-0.3, -0.25) is 0 Å². The molecule has 2 N–H and O–H groups in total. The number of hydrogen-bond acceptors (Lipinski definition) is 2. The van der Waals surface area contributed by atoms with Gasteiger partial charge >= 0.3 is 0 Å². The Hall–Kier alpha value is -2.19. The fraction of sp³-hybridized carbons (Fsp3) is 0.111. The molecule has 0 bridgehead atoms. The third-order valence-electron chi connectivity index (χ3n) is 4.25. The molecule has 3 heteroatoms. The van der Waals surface area contributed by atoms with Crippen molar-refractivity contribution in [2.45, 2.75) is 6.04 Å². The zero-order valence-corrected chi connectivity index (χ0v) is 12.4. The number of nitrogens with two attached hydrogens (primary N) is 1. The van der Waals surface area contributed by atoms with Gasteiger partial charge in [0.2, 0.25) is 0 Å². The Morgan fingerprint density at radius 3 is 2.76 bits per heavy atom. The lowest BCUT2D eigenvalue weighted by molar-refractivity contribution is 0.467. The van der Waals surface area contributed by atoms with Crippen LogP contribution >= 0.6 is 11.6 Å². The average molecular weight is 295 g/mol. The van der Waals surface area contributed by atoms with Gasteiger partial charge in [-0.05, 0) is 39.8 Å². The van der Waals surface area contributed by atoms with Crippen LogP contribution in [0.25, 0.3) is 17.3 Å². The van der Waals surface area contributed by atoms with Crippen LogP contribution in [0.3, 0.4) is 0 Å². The van der Waals surface area contributed by atoms with Crippen LogP contribution in [0.5, 0.6) is 0 Å². The second-order valence-corrected chi connectivity index (χ2v) is 5.99. The summed E-state index contributed by atoms with van der Waals surface area (Å²) in [5.74, 6) is 0. The SMILES string of the molecule is CN1C=C(N)c2cc(Cl)ccc2C2=c3ccccc3=CC21. The van der Waals surface area contributed by atoms with Crippen molar-refractivity contribution in [1.82, 2.24) is 4.90 Å². The second-order valence-electron chi connectivity index (χ2n) is 5.55. The van der Waals surface area contributed by atoms with Crippen molar-refractivity contribution in [3.63, 3.8) is 0 Å². The van der Waals surface area contributed by atoms with Gasteiger partial charge in [0.1, 0.15) is 0 Å². The smallest absolute Gasteiger partial charge is 0.0739 e. The van der Waals surface area contributed by atoms with Crippen LogP contribution < -0.4 is 16.2 Å². The molecule has 0 saturated carbocycles. The highest BCUT2D eigenvalue weighted by Crippen LogP contribution is 2.33. The summed E-state index contributed by atoms with van der Waals surface area (Å²) in [5.41, 5.74) is 10.5. The molecule has 2 aromatic rings. The summed E-state index contributed by atoms with van der Waals surface area (Å²) in [4.78, 5) is 2.17. The summed E-state index contributed by atoms with van der Waals surface area (Å²) in [5, 5.41) is 3.27. The van der Waals surface area contributed by atoms with Crippen LogP contribution in [0.1, 0.15) is 11.1 Å². The van der Waals surface area contributed by atoms with Gasteiger partial charge in [0.15, 0.2) is 0 Å². The minimum absolute atomic E-state index is 0.211. The highest BCUT2D eigenvalue weighted by molar-refractivity contribution is 6.30. The minimum atomic E-state index is 0.211. The van der Waals surface area contributed by atoms with Crippen LogP contribution in [-0.4, -0.2) is 18.0 Å². The van der Waals surface area contributed by atoms with Crippen molar-refractivity contribution in [3.05, 3.63) is 75.3 Å². The van der Waals surface area contributed by atoms with Gasteiger partial charge in [-0.2, -0.15) is 0 Å². The molecule has 4 rings (SSSR count). The Morgan fingerprint density at radius 2 is 1.90 bits per heavy atom. The maximum absolute atomic E-state index is 6.26. The lowest BCUT2D eigenvalue weighted by atomic mass is 9.95. The fourth-order valence-corrected chi connectivity index (χ4v) is 3.46. The van der Waals surface area contributed by atoms with E-state index in [-0.39, 0.29) is 6.04 Å². The van der Waals surface area contributed by atoms with Gasteiger partial charge in [0.05, 0.1) is 11.7 Å². The maximum Gasteiger partial charge on any atom is 0.0739 e. The molecule has 2 aliphatic rings. The molecule has 2 aromatic carbocycles. The van der Waals surface area contributed by atoms with E-state index in [1.54, 1.807) is 0 Å². The van der Waals surface area contributed by atoms with Crippen molar-refractivity contribution in [3.8, 4) is 0 Å². The topological polar surface area (TPSA) is 29.3 Å². The molecule has 1 aliphatic carbocycles. The van der Waals surface area contributed by atoms with Crippen molar-refractivity contribution in [2.24, 2.45) is 5.73 Å². The minimum Gasteiger partial charge on any atom is -0.397 e. The van der Waals surface area contributed by atoms with Crippen LogP contribution in [0.15, 0.2) is 48.7 Å². The molecule has 1 aliphatic heterocycles. The largest absolute Gasteiger partial charge is 0.397 e. The summed E-state index contributed by atoms with van der Waals surface area (Å²) in [7, 11) is 2.06. The molecule has 0 spiro atoms. The summed E-state index contributed by atoms with van der Waals surface area (Å²) in [6.07, 6.45) is 4.29. The first-order valence-corrected chi connectivity index (χ1v) is 7.33. The van der Waals surface area contributed by atoms with Gasteiger partial charge in [0, 0.05) is 23.8 Å². The van der Waals surface area contributed by atoms with E-state index in [1.807, 2.05) is 18.3 Å². The van der Waals surface area contributed by atoms with E-state index in [0.717, 1.165) is 11.3 Å². The van der Waals surface area contributed by atoms with Crippen LogP contribution in [0.4, 0.5) is 0 Å². The molecule has 1 unspecified atom stereocenters. The van der Waals surface area contributed by atoms with Gasteiger partial charge in [0.25, 0.3) is 0 Å². The van der Waals surface area contributed by atoms with Crippen LogP contribution in [0.2, 0.25) is 5.02 Å². The number of nitrogens with zero attached hydrogens (tertiary/aromatic N) is 1. The molecule has 2 nitrogen and oxygen atoms in total. The molecule has 1 heterocycles. The van der Waals surface area contributed by atoms with Crippen LogP contribution in [-0.2, 0) is 0 Å². The Balaban J connectivity index is 2.14. The molecule has 104 valence electrons. The van der Waals surface area contributed by atoms with Gasteiger partial charge in [-0.15, -0.1) is 0 Å². The van der Waals surface area contributed by atoms with E-state index >= 15 is 0 Å². The Morgan fingerprint density at radius 1 is 1.10 bits per heavy atom. The third kappa shape index (κ3) is 1.79. The van der Waals surface area contributed by atoms with E-state index in [1.165, 1.54) is 21.6 Å². The number of rotatable bonds is 0. The lowest BCUT2D eigenvalue weighted by Crippen LogP contribution is -2.26. The number of fused-ring (bicyclic) bond motifs is 4. The Kier molecular flexibility index (Phi) is 2.63. The predicted octanol–water partition coefficient (Wildman–Crippen LogP) is 1.90. The van der Waals surface area contributed by atoms with Gasteiger partial charge < -0.3 is 10.6 Å². The summed E-state index contributed by atoms with van der Waals surface area (Å²) >= 11 is 6.16. The zero-order valence-electron chi connectivity index (χ0n) is 11.7. The van der Waals surface area contributed by atoms with Gasteiger partial charge in [-0.1, -0.05) is 41.9 Å². The Labute approximate surface area is 128 Å². The zero-order chi connectivity index (χ0) is 14.6. The first-order valence-electron chi connectivity index (χ1n) is 6.96.